The van der Waals surface area contributed by atoms with Crippen molar-refractivity contribution in [1.82, 2.24) is 0 Å². The summed E-state index contributed by atoms with van der Waals surface area (Å²) in [7, 11) is -4.79. The Morgan fingerprint density at radius 1 is 0.382 bits per heavy atom. The van der Waals surface area contributed by atoms with Crippen LogP contribution in [0.25, 0.3) is 0 Å². The number of aliphatic hydroxyl groups is 1. The van der Waals surface area contributed by atoms with Gasteiger partial charge >= 0.3 is 25.7 Å². The quantitative estimate of drug-likeness (QED) is 0.0197. The lowest BCUT2D eigenvalue weighted by molar-refractivity contribution is -0.161. The van der Waals surface area contributed by atoms with E-state index in [2.05, 4.69) is 124 Å². The van der Waals surface area contributed by atoms with Crippen LogP contribution in [0.4, 0.5) is 0 Å². The molecular formula is C64H103O11P. The summed E-state index contributed by atoms with van der Waals surface area (Å²) in [5, 5.41) is 9.79. The minimum absolute atomic E-state index is 0.0445. The number of rotatable bonds is 52. The van der Waals surface area contributed by atoms with Gasteiger partial charge in [-0.1, -0.05) is 212 Å². The van der Waals surface area contributed by atoms with Crippen LogP contribution in [-0.2, 0) is 42.2 Å². The minimum atomic E-state index is -4.79. The first kappa shape index (κ1) is 71.6. The monoisotopic (exact) mass is 1080 g/mol. The van der Waals surface area contributed by atoms with E-state index in [4.69, 9.17) is 23.3 Å². The third-order valence-corrected chi connectivity index (χ3v) is 12.5. The Morgan fingerprint density at radius 3 is 1.17 bits per heavy atom. The number of phosphoric ester groups is 1. The number of unbranched alkanes of at least 4 members (excludes halogenated alkanes) is 13. The van der Waals surface area contributed by atoms with Gasteiger partial charge in [0, 0.05) is 19.3 Å². The number of carbonyl (C=O) groups is 3. The van der Waals surface area contributed by atoms with Gasteiger partial charge in [0.05, 0.1) is 19.8 Å². The molecule has 0 spiro atoms. The molecule has 0 aliphatic carbocycles. The van der Waals surface area contributed by atoms with Crippen LogP contribution in [0.15, 0.2) is 134 Å². The minimum Gasteiger partial charge on any atom is -0.462 e. The highest BCUT2D eigenvalue weighted by Gasteiger charge is 2.28. The summed E-state index contributed by atoms with van der Waals surface area (Å²) < 4.78 is 39.4. The van der Waals surface area contributed by atoms with E-state index in [1.54, 1.807) is 0 Å². The molecule has 0 aromatic carbocycles. The van der Waals surface area contributed by atoms with Gasteiger partial charge in [0.2, 0.25) is 0 Å². The predicted octanol–water partition coefficient (Wildman–Crippen LogP) is 17.4. The molecule has 430 valence electrons. The van der Waals surface area contributed by atoms with E-state index in [0.717, 1.165) is 89.9 Å². The molecule has 0 aromatic rings. The van der Waals surface area contributed by atoms with Gasteiger partial charge in [-0.15, -0.1) is 0 Å². The molecular weight excluding hydrogens is 976 g/mol. The van der Waals surface area contributed by atoms with Crippen LogP contribution in [0.3, 0.4) is 0 Å². The van der Waals surface area contributed by atoms with Crippen LogP contribution in [0.2, 0.25) is 0 Å². The van der Waals surface area contributed by atoms with E-state index in [9.17, 15) is 28.9 Å². The van der Waals surface area contributed by atoms with Crippen molar-refractivity contribution < 1.29 is 52.2 Å². The number of carbonyl (C=O) groups excluding carboxylic acids is 3. The molecule has 0 aliphatic heterocycles. The normalized spacial score (nSPS) is 14.3. The van der Waals surface area contributed by atoms with Crippen LogP contribution < -0.4 is 0 Å². The number of aliphatic hydroxyl groups excluding tert-OH is 1. The summed E-state index contributed by atoms with van der Waals surface area (Å²) in [5.41, 5.74) is 0. The third-order valence-electron chi connectivity index (χ3n) is 11.6. The summed E-state index contributed by atoms with van der Waals surface area (Å²) in [4.78, 5) is 48.5. The lowest BCUT2D eigenvalue weighted by Gasteiger charge is -2.21. The van der Waals surface area contributed by atoms with Crippen molar-refractivity contribution in [1.29, 1.82) is 0 Å². The van der Waals surface area contributed by atoms with E-state index in [1.807, 2.05) is 30.4 Å². The van der Waals surface area contributed by atoms with Gasteiger partial charge in [-0.3, -0.25) is 23.4 Å². The van der Waals surface area contributed by atoms with Crippen molar-refractivity contribution in [2.75, 3.05) is 26.4 Å². The zero-order valence-electron chi connectivity index (χ0n) is 47.4. The first-order chi connectivity index (χ1) is 37.2. The molecule has 0 amide bonds. The van der Waals surface area contributed by atoms with E-state index in [1.165, 1.54) is 57.8 Å². The molecule has 0 fully saturated rings. The molecule has 0 rings (SSSR count). The largest absolute Gasteiger partial charge is 0.472 e. The number of allylic oxidation sites excluding steroid dienone is 22. The molecule has 2 N–H and O–H groups in total. The lowest BCUT2D eigenvalue weighted by Crippen LogP contribution is -2.30. The lowest BCUT2D eigenvalue weighted by atomic mass is 10.1. The zero-order valence-corrected chi connectivity index (χ0v) is 48.3. The molecule has 0 aromatic heterocycles. The predicted molar refractivity (Wildman–Crippen MR) is 316 cm³/mol. The topological polar surface area (TPSA) is 155 Å². The molecule has 0 radical (unpaired) electrons. The third kappa shape index (κ3) is 54.4. The molecule has 12 heteroatoms. The van der Waals surface area contributed by atoms with Gasteiger partial charge in [-0.25, -0.2) is 4.57 Å². The zero-order chi connectivity index (χ0) is 55.5. The SMILES string of the molecule is CC/C=C\C/C=C\C/C=C\C/C=C\C/C=C\CCCC(=O)OC(COC(=O)CCCCCCCCCCC/C=C\C/C=C\CCCCC)COP(=O)(O)OCC(CO)OC(=O)CC/C=C\C/C=C\C/C=C\C/C=C\CC. The van der Waals surface area contributed by atoms with Crippen molar-refractivity contribution in [2.45, 2.75) is 226 Å². The Kier molecular flexibility index (Phi) is 53.5. The fraction of sp³-hybridized carbons (Fsp3) is 0.609. The van der Waals surface area contributed by atoms with Crippen LogP contribution in [0.5, 0.6) is 0 Å². The number of hydrogen-bond acceptors (Lipinski definition) is 10. The van der Waals surface area contributed by atoms with Gasteiger partial charge in [0.1, 0.15) is 12.7 Å². The van der Waals surface area contributed by atoms with Crippen molar-refractivity contribution in [3.05, 3.63) is 134 Å². The first-order valence-electron chi connectivity index (χ1n) is 29.1. The van der Waals surface area contributed by atoms with Crippen LogP contribution in [0, 0.1) is 0 Å². The molecule has 0 saturated carbocycles. The second kappa shape index (κ2) is 56.8. The molecule has 0 aliphatic rings. The van der Waals surface area contributed by atoms with Gasteiger partial charge in [0.15, 0.2) is 6.10 Å². The summed E-state index contributed by atoms with van der Waals surface area (Å²) in [6.45, 7) is 4.22. The van der Waals surface area contributed by atoms with E-state index in [-0.39, 0.29) is 25.9 Å². The van der Waals surface area contributed by atoms with Gasteiger partial charge < -0.3 is 24.2 Å². The van der Waals surface area contributed by atoms with Gasteiger partial charge in [0.25, 0.3) is 0 Å². The molecule has 3 atom stereocenters. The van der Waals surface area contributed by atoms with E-state index in [0.29, 0.717) is 25.7 Å². The number of hydrogen-bond donors (Lipinski definition) is 2. The molecule has 76 heavy (non-hydrogen) atoms. The van der Waals surface area contributed by atoms with Crippen molar-refractivity contribution in [3.8, 4) is 0 Å². The standard InChI is InChI=1S/C64H103O11P/c1-4-7-10-13-16-19-22-25-27-29-30-32-33-36-38-41-44-47-50-53-62(66)71-57-61(75-64(68)55-52-49-46-43-40-37-34-31-28-26-23-20-17-14-11-8-5-2)59-73-76(69,70)72-58-60(56-65)74-63(67)54-51-48-45-42-39-35-24-21-18-15-12-9-6-3/h8-9,11-12,16-21,25-28,34-35,37,39,43,45-46,48,60-61,65H,4-7,10,13-15,22-24,29-33,36,38,40-42,44,47,49-59H2,1-3H3,(H,69,70)/b11-8-,12-9-,19-16-,20-17-,21-18-,27-25-,28-26-,37-34-,39-35-,46-43-,48-45-. The average Bonchev–Trinajstić information content (AvgIpc) is 3.41. The Balaban J connectivity index is 4.88. The maximum atomic E-state index is 12.9. The molecule has 0 saturated heterocycles. The summed E-state index contributed by atoms with van der Waals surface area (Å²) in [6.07, 6.45) is 71.5. The number of ether oxygens (including phenoxy) is 3. The average molecular weight is 1080 g/mol. The van der Waals surface area contributed by atoms with Crippen molar-refractivity contribution in [3.63, 3.8) is 0 Å². The molecule has 0 heterocycles. The van der Waals surface area contributed by atoms with Crippen molar-refractivity contribution in [2.24, 2.45) is 0 Å². The Morgan fingerprint density at radius 2 is 0.724 bits per heavy atom. The van der Waals surface area contributed by atoms with Crippen LogP contribution in [-0.4, -0.2) is 66.5 Å². The van der Waals surface area contributed by atoms with Gasteiger partial charge in [-0.2, -0.15) is 0 Å². The number of phosphoric acid groups is 1. The van der Waals surface area contributed by atoms with Crippen molar-refractivity contribution >= 4 is 25.7 Å². The summed E-state index contributed by atoms with van der Waals surface area (Å²) in [6, 6.07) is 0. The Labute approximate surface area is 461 Å². The van der Waals surface area contributed by atoms with Crippen LogP contribution >= 0.6 is 7.82 Å². The Hall–Kier alpha value is -4.38. The maximum Gasteiger partial charge on any atom is 0.472 e. The van der Waals surface area contributed by atoms with E-state index >= 15 is 0 Å². The highest BCUT2D eigenvalue weighted by Crippen LogP contribution is 2.43. The van der Waals surface area contributed by atoms with Crippen LogP contribution in [0.1, 0.15) is 213 Å². The second-order valence-electron chi connectivity index (χ2n) is 18.7. The number of esters is 3. The maximum absolute atomic E-state index is 12.9. The molecule has 3 unspecified atom stereocenters. The fourth-order valence-corrected chi connectivity index (χ4v) is 7.98. The Bertz CT molecular complexity index is 1780. The second-order valence-corrected chi connectivity index (χ2v) is 20.1. The fourth-order valence-electron chi connectivity index (χ4n) is 7.20. The van der Waals surface area contributed by atoms with Gasteiger partial charge in [-0.05, 0) is 116 Å². The highest BCUT2D eigenvalue weighted by atomic mass is 31.2. The summed E-state index contributed by atoms with van der Waals surface area (Å²) >= 11 is 0. The molecule has 0 bridgehead atoms. The summed E-state index contributed by atoms with van der Waals surface area (Å²) in [5.74, 6) is -1.64. The highest BCUT2D eigenvalue weighted by molar-refractivity contribution is 7.47. The first-order valence-corrected chi connectivity index (χ1v) is 30.6. The van der Waals surface area contributed by atoms with E-state index < -0.39 is 57.8 Å². The smallest absolute Gasteiger partial charge is 0.462 e. The molecule has 11 nitrogen and oxygen atoms in total.